The van der Waals surface area contributed by atoms with Gasteiger partial charge in [0.15, 0.2) is 0 Å². The van der Waals surface area contributed by atoms with Gasteiger partial charge >= 0.3 is 0 Å². The Balaban J connectivity index is 1.78. The highest BCUT2D eigenvalue weighted by Gasteiger charge is 2.68. The first-order chi connectivity index (χ1) is 9.26. The van der Waals surface area contributed by atoms with Crippen LogP contribution in [0.15, 0.2) is 24.3 Å². The number of carbonyl (C=O) groups is 1. The van der Waals surface area contributed by atoms with Gasteiger partial charge in [0.05, 0.1) is 12.1 Å². The Labute approximate surface area is 120 Å². The lowest BCUT2D eigenvalue weighted by Crippen LogP contribution is -2.36. The second-order valence-electron chi connectivity index (χ2n) is 7.33. The van der Waals surface area contributed by atoms with Crippen LogP contribution >= 0.6 is 0 Å². The maximum absolute atomic E-state index is 12.5. The Hall–Kier alpha value is -1.35. The van der Waals surface area contributed by atoms with Gasteiger partial charge in [0, 0.05) is 12.3 Å². The quantitative estimate of drug-likeness (QED) is 0.869. The SMILES string of the molecule is CC1(C)C(C(=O)N[C@H]2c3ccccc3C[C@H]2O)C1(C)C. The summed E-state index contributed by atoms with van der Waals surface area (Å²) in [6.45, 7) is 8.54. The van der Waals surface area contributed by atoms with Crippen molar-refractivity contribution in [3.05, 3.63) is 35.4 Å². The van der Waals surface area contributed by atoms with E-state index in [2.05, 4.69) is 33.0 Å². The Kier molecular flexibility index (Phi) is 2.78. The molecule has 1 fully saturated rings. The van der Waals surface area contributed by atoms with E-state index in [1.807, 2.05) is 24.3 Å². The molecule has 0 aliphatic heterocycles. The van der Waals surface area contributed by atoms with Gasteiger partial charge in [-0.25, -0.2) is 0 Å². The molecule has 1 aromatic carbocycles. The van der Waals surface area contributed by atoms with Crippen molar-refractivity contribution in [1.29, 1.82) is 0 Å². The van der Waals surface area contributed by atoms with E-state index in [9.17, 15) is 9.90 Å². The van der Waals surface area contributed by atoms with Crippen molar-refractivity contribution >= 4 is 5.91 Å². The number of rotatable bonds is 2. The minimum absolute atomic E-state index is 0.0231. The predicted molar refractivity (Wildman–Crippen MR) is 78.1 cm³/mol. The van der Waals surface area contributed by atoms with Crippen LogP contribution in [0.3, 0.4) is 0 Å². The van der Waals surface area contributed by atoms with E-state index < -0.39 is 6.10 Å². The van der Waals surface area contributed by atoms with E-state index in [0.29, 0.717) is 6.42 Å². The summed E-state index contributed by atoms with van der Waals surface area (Å²) in [6.07, 6.45) is 0.111. The van der Waals surface area contributed by atoms with E-state index in [0.717, 1.165) is 11.1 Å². The number of hydrogen-bond acceptors (Lipinski definition) is 2. The van der Waals surface area contributed by atoms with Crippen molar-refractivity contribution < 1.29 is 9.90 Å². The number of carbonyl (C=O) groups excluding carboxylic acids is 1. The third-order valence-electron chi connectivity index (χ3n) is 5.78. The van der Waals surface area contributed by atoms with Crippen LogP contribution in [-0.2, 0) is 11.2 Å². The fourth-order valence-corrected chi connectivity index (χ4v) is 3.84. The normalized spacial score (nSPS) is 29.9. The van der Waals surface area contributed by atoms with Crippen LogP contribution in [0.5, 0.6) is 0 Å². The molecule has 1 aromatic rings. The second-order valence-corrected chi connectivity index (χ2v) is 7.33. The zero-order valence-corrected chi connectivity index (χ0v) is 12.6. The molecule has 2 aliphatic carbocycles. The Morgan fingerprint density at radius 2 is 1.80 bits per heavy atom. The van der Waals surface area contributed by atoms with Crippen LogP contribution in [0, 0.1) is 16.7 Å². The second kappa shape index (κ2) is 4.08. The van der Waals surface area contributed by atoms with Gasteiger partial charge in [-0.05, 0) is 22.0 Å². The number of amides is 1. The summed E-state index contributed by atoms with van der Waals surface area (Å²) in [5.74, 6) is 0.0933. The number of benzene rings is 1. The molecular formula is C17H23NO2. The van der Waals surface area contributed by atoms with Crippen molar-refractivity contribution in [3.63, 3.8) is 0 Å². The summed E-state index contributed by atoms with van der Waals surface area (Å²) in [5, 5.41) is 13.3. The van der Waals surface area contributed by atoms with Crippen LogP contribution in [0.4, 0.5) is 0 Å². The number of aliphatic hydroxyl groups excluding tert-OH is 1. The summed E-state index contributed by atoms with van der Waals surface area (Å²) >= 11 is 0. The lowest BCUT2D eigenvalue weighted by Gasteiger charge is -2.18. The van der Waals surface area contributed by atoms with Crippen molar-refractivity contribution in [1.82, 2.24) is 5.32 Å². The van der Waals surface area contributed by atoms with E-state index in [-0.39, 0.29) is 28.7 Å². The average molecular weight is 273 g/mol. The molecule has 1 amide bonds. The van der Waals surface area contributed by atoms with Gasteiger partial charge < -0.3 is 10.4 Å². The van der Waals surface area contributed by atoms with Crippen LogP contribution in [0.25, 0.3) is 0 Å². The van der Waals surface area contributed by atoms with Crippen molar-refractivity contribution in [3.8, 4) is 0 Å². The molecule has 1 saturated carbocycles. The number of nitrogens with one attached hydrogen (secondary N) is 1. The summed E-state index contributed by atoms with van der Waals surface area (Å²) in [7, 11) is 0. The molecule has 2 N–H and O–H groups in total. The summed E-state index contributed by atoms with van der Waals surface area (Å²) in [6, 6.07) is 7.70. The molecule has 108 valence electrons. The maximum atomic E-state index is 12.5. The molecule has 0 aromatic heterocycles. The monoisotopic (exact) mass is 273 g/mol. The lowest BCUT2D eigenvalue weighted by molar-refractivity contribution is -0.125. The smallest absolute Gasteiger partial charge is 0.224 e. The van der Waals surface area contributed by atoms with Gasteiger partial charge in [-0.15, -0.1) is 0 Å². The number of fused-ring (bicyclic) bond motifs is 1. The first kappa shape index (κ1) is 13.6. The van der Waals surface area contributed by atoms with Gasteiger partial charge in [0.25, 0.3) is 0 Å². The molecule has 20 heavy (non-hydrogen) atoms. The van der Waals surface area contributed by atoms with Crippen molar-refractivity contribution in [2.75, 3.05) is 0 Å². The first-order valence-corrected chi connectivity index (χ1v) is 7.33. The molecule has 0 saturated heterocycles. The third-order valence-corrected chi connectivity index (χ3v) is 5.78. The predicted octanol–water partition coefficient (Wildman–Crippen LogP) is 2.44. The molecule has 0 spiro atoms. The van der Waals surface area contributed by atoms with Crippen molar-refractivity contribution in [2.45, 2.75) is 46.3 Å². The zero-order valence-electron chi connectivity index (χ0n) is 12.6. The Morgan fingerprint density at radius 3 is 2.40 bits per heavy atom. The highest BCUT2D eigenvalue weighted by Crippen LogP contribution is 2.68. The van der Waals surface area contributed by atoms with E-state index in [1.54, 1.807) is 0 Å². The fraction of sp³-hybridized carbons (Fsp3) is 0.588. The Bertz CT molecular complexity index is 548. The Morgan fingerprint density at radius 1 is 1.20 bits per heavy atom. The number of aliphatic hydroxyl groups is 1. The summed E-state index contributed by atoms with van der Waals surface area (Å²) in [4.78, 5) is 12.5. The van der Waals surface area contributed by atoms with Gasteiger partial charge in [-0.3, -0.25) is 4.79 Å². The van der Waals surface area contributed by atoms with Gasteiger partial charge in [0.1, 0.15) is 0 Å². The van der Waals surface area contributed by atoms with Crippen LogP contribution < -0.4 is 5.32 Å². The number of hydrogen-bond donors (Lipinski definition) is 2. The van der Waals surface area contributed by atoms with Crippen LogP contribution in [0.1, 0.15) is 44.9 Å². The average Bonchev–Trinajstić information content (AvgIpc) is 2.63. The first-order valence-electron chi connectivity index (χ1n) is 7.33. The fourth-order valence-electron chi connectivity index (χ4n) is 3.84. The molecule has 0 unspecified atom stereocenters. The van der Waals surface area contributed by atoms with Gasteiger partial charge in [0.2, 0.25) is 5.91 Å². The molecule has 3 nitrogen and oxygen atoms in total. The largest absolute Gasteiger partial charge is 0.390 e. The molecule has 0 bridgehead atoms. The highest BCUT2D eigenvalue weighted by atomic mass is 16.3. The van der Waals surface area contributed by atoms with Gasteiger partial charge in [-0.2, -0.15) is 0 Å². The minimum atomic E-state index is -0.513. The molecular weight excluding hydrogens is 250 g/mol. The minimum Gasteiger partial charge on any atom is -0.390 e. The van der Waals surface area contributed by atoms with Crippen LogP contribution in [-0.4, -0.2) is 17.1 Å². The molecule has 3 heteroatoms. The zero-order chi connectivity index (χ0) is 14.7. The molecule has 0 heterocycles. The summed E-state index contributed by atoms with van der Waals surface area (Å²) in [5.41, 5.74) is 2.25. The lowest BCUT2D eigenvalue weighted by atomic mass is 10.0. The van der Waals surface area contributed by atoms with Crippen LogP contribution in [0.2, 0.25) is 0 Å². The summed E-state index contributed by atoms with van der Waals surface area (Å²) < 4.78 is 0. The van der Waals surface area contributed by atoms with E-state index >= 15 is 0 Å². The van der Waals surface area contributed by atoms with Gasteiger partial charge in [-0.1, -0.05) is 52.0 Å². The van der Waals surface area contributed by atoms with E-state index in [4.69, 9.17) is 0 Å². The standard InChI is InChI=1S/C17H23NO2/c1-16(2)14(17(16,3)4)15(20)18-13-11-8-6-5-7-10(11)9-12(13)19/h5-8,12-14,19H,9H2,1-4H3,(H,18,20)/t12-,13+/m1/s1. The van der Waals surface area contributed by atoms with E-state index in [1.165, 1.54) is 0 Å². The molecule has 2 aliphatic rings. The highest BCUT2D eigenvalue weighted by molar-refractivity contribution is 5.84. The maximum Gasteiger partial charge on any atom is 0.224 e. The topological polar surface area (TPSA) is 49.3 Å². The van der Waals surface area contributed by atoms with Crippen molar-refractivity contribution in [2.24, 2.45) is 16.7 Å². The molecule has 2 atom stereocenters. The molecule has 3 rings (SSSR count). The molecule has 0 radical (unpaired) electrons. The third kappa shape index (κ3) is 1.72.